The first-order valence-corrected chi connectivity index (χ1v) is 7.05. The van der Waals surface area contributed by atoms with Crippen molar-refractivity contribution >= 4 is 5.91 Å². The molecule has 106 valence electrons. The van der Waals surface area contributed by atoms with Crippen LogP contribution in [0.3, 0.4) is 0 Å². The average molecular weight is 265 g/mol. The Kier molecular flexibility index (Phi) is 4.58. The molecule has 1 aromatic heterocycles. The minimum absolute atomic E-state index is 0.0360. The lowest BCUT2D eigenvalue weighted by atomic mass is 9.99. The third-order valence-electron chi connectivity index (χ3n) is 3.64. The summed E-state index contributed by atoms with van der Waals surface area (Å²) < 4.78 is 5.43. The van der Waals surface area contributed by atoms with Crippen LogP contribution in [-0.2, 0) is 0 Å². The molecule has 1 aliphatic rings. The molecule has 1 aromatic rings. The van der Waals surface area contributed by atoms with Gasteiger partial charge in [-0.2, -0.15) is 0 Å². The standard InChI is InChI=1S/C14H23N3O2/c1-4-17(9-12-6-5-7-15-8-12)14(18)13-10(2)16-11(3)19-13/h12,15H,4-9H2,1-3H3. The third-order valence-corrected chi connectivity index (χ3v) is 3.64. The Morgan fingerprint density at radius 3 is 2.84 bits per heavy atom. The van der Waals surface area contributed by atoms with E-state index < -0.39 is 0 Å². The zero-order valence-electron chi connectivity index (χ0n) is 12.0. The van der Waals surface area contributed by atoms with Crippen LogP contribution in [0.15, 0.2) is 4.42 Å². The van der Waals surface area contributed by atoms with Gasteiger partial charge in [-0.1, -0.05) is 0 Å². The van der Waals surface area contributed by atoms with E-state index in [9.17, 15) is 4.79 Å². The number of nitrogens with one attached hydrogen (secondary N) is 1. The lowest BCUT2D eigenvalue weighted by molar-refractivity contribution is 0.0694. The van der Waals surface area contributed by atoms with Crippen LogP contribution < -0.4 is 5.32 Å². The zero-order valence-corrected chi connectivity index (χ0v) is 12.0. The first-order chi connectivity index (χ1) is 9.11. The Morgan fingerprint density at radius 1 is 1.53 bits per heavy atom. The quantitative estimate of drug-likeness (QED) is 0.901. The number of oxazole rings is 1. The average Bonchev–Trinajstić information content (AvgIpc) is 2.75. The van der Waals surface area contributed by atoms with E-state index >= 15 is 0 Å². The zero-order chi connectivity index (χ0) is 13.8. The summed E-state index contributed by atoms with van der Waals surface area (Å²) in [5.41, 5.74) is 0.683. The van der Waals surface area contributed by atoms with Crippen LogP contribution in [0.1, 0.15) is 41.9 Å². The van der Waals surface area contributed by atoms with Crippen molar-refractivity contribution in [2.24, 2.45) is 5.92 Å². The van der Waals surface area contributed by atoms with E-state index in [-0.39, 0.29) is 5.91 Å². The van der Waals surface area contributed by atoms with Crippen molar-refractivity contribution in [3.05, 3.63) is 17.3 Å². The second-order valence-electron chi connectivity index (χ2n) is 5.20. The van der Waals surface area contributed by atoms with Crippen molar-refractivity contribution in [1.29, 1.82) is 0 Å². The van der Waals surface area contributed by atoms with Crippen LogP contribution in [0.2, 0.25) is 0 Å². The number of hydrogen-bond donors (Lipinski definition) is 1. The number of hydrogen-bond acceptors (Lipinski definition) is 4. The molecule has 1 atom stereocenters. The van der Waals surface area contributed by atoms with Gasteiger partial charge in [0.2, 0.25) is 5.76 Å². The Bertz CT molecular complexity index is 436. The molecule has 19 heavy (non-hydrogen) atoms. The highest BCUT2D eigenvalue weighted by atomic mass is 16.4. The molecule has 1 unspecified atom stereocenters. The molecule has 0 aromatic carbocycles. The van der Waals surface area contributed by atoms with E-state index in [2.05, 4.69) is 10.3 Å². The van der Waals surface area contributed by atoms with Crippen molar-refractivity contribution in [3.8, 4) is 0 Å². The minimum atomic E-state index is -0.0360. The SMILES string of the molecule is CCN(CC1CCCNC1)C(=O)c1oc(C)nc1C. The predicted octanol–water partition coefficient (Wildman–Crippen LogP) is 1.75. The van der Waals surface area contributed by atoms with E-state index in [1.165, 1.54) is 12.8 Å². The fourth-order valence-electron chi connectivity index (χ4n) is 2.62. The van der Waals surface area contributed by atoms with E-state index in [1.54, 1.807) is 6.92 Å². The maximum Gasteiger partial charge on any atom is 0.291 e. The molecule has 1 fully saturated rings. The molecule has 2 heterocycles. The van der Waals surface area contributed by atoms with E-state index in [0.29, 0.717) is 29.8 Å². The predicted molar refractivity (Wildman–Crippen MR) is 73.1 cm³/mol. The first-order valence-electron chi connectivity index (χ1n) is 7.05. The van der Waals surface area contributed by atoms with E-state index in [1.807, 2.05) is 18.7 Å². The van der Waals surface area contributed by atoms with Gasteiger partial charge in [0.1, 0.15) is 0 Å². The van der Waals surface area contributed by atoms with Crippen LogP contribution >= 0.6 is 0 Å². The molecule has 2 rings (SSSR count). The molecule has 0 radical (unpaired) electrons. The van der Waals surface area contributed by atoms with Crippen LogP contribution in [0, 0.1) is 19.8 Å². The first kappa shape index (κ1) is 14.1. The molecule has 0 aliphatic carbocycles. The number of rotatable bonds is 4. The van der Waals surface area contributed by atoms with Gasteiger partial charge in [-0.3, -0.25) is 4.79 Å². The maximum atomic E-state index is 12.5. The van der Waals surface area contributed by atoms with E-state index in [4.69, 9.17) is 4.42 Å². The smallest absolute Gasteiger partial charge is 0.291 e. The topological polar surface area (TPSA) is 58.4 Å². The molecule has 1 N–H and O–H groups in total. The number of aromatic nitrogens is 1. The molecular formula is C14H23N3O2. The monoisotopic (exact) mass is 265 g/mol. The van der Waals surface area contributed by atoms with E-state index in [0.717, 1.165) is 19.6 Å². The summed E-state index contributed by atoms with van der Waals surface area (Å²) in [6, 6.07) is 0. The second kappa shape index (κ2) is 6.19. The fourth-order valence-corrected chi connectivity index (χ4v) is 2.62. The summed E-state index contributed by atoms with van der Waals surface area (Å²) in [6.45, 7) is 9.18. The lowest BCUT2D eigenvalue weighted by Crippen LogP contribution is -2.41. The van der Waals surface area contributed by atoms with Gasteiger partial charge in [-0.05, 0) is 45.7 Å². The van der Waals surface area contributed by atoms with Gasteiger partial charge in [0.05, 0.1) is 5.69 Å². The molecule has 1 aliphatic heterocycles. The van der Waals surface area contributed by atoms with Crippen LogP contribution in [0.4, 0.5) is 0 Å². The Morgan fingerprint density at radius 2 is 2.32 bits per heavy atom. The summed E-state index contributed by atoms with van der Waals surface area (Å²) in [6.07, 6.45) is 2.38. The fraction of sp³-hybridized carbons (Fsp3) is 0.714. The number of nitrogens with zero attached hydrogens (tertiary/aromatic N) is 2. The highest BCUT2D eigenvalue weighted by Gasteiger charge is 2.24. The molecule has 0 bridgehead atoms. The Labute approximate surface area is 114 Å². The lowest BCUT2D eigenvalue weighted by Gasteiger charge is -2.29. The van der Waals surface area contributed by atoms with Gasteiger partial charge in [0.25, 0.3) is 5.91 Å². The normalized spacial score (nSPS) is 19.4. The second-order valence-corrected chi connectivity index (χ2v) is 5.20. The van der Waals surface area contributed by atoms with Crippen molar-refractivity contribution in [1.82, 2.24) is 15.2 Å². The van der Waals surface area contributed by atoms with Gasteiger partial charge >= 0.3 is 0 Å². The molecular weight excluding hydrogens is 242 g/mol. The summed E-state index contributed by atoms with van der Waals surface area (Å²) in [4.78, 5) is 18.5. The maximum absolute atomic E-state index is 12.5. The molecule has 1 saturated heterocycles. The number of piperidine rings is 1. The highest BCUT2D eigenvalue weighted by Crippen LogP contribution is 2.16. The van der Waals surface area contributed by atoms with Crippen LogP contribution in [-0.4, -0.2) is 42.0 Å². The molecule has 0 spiro atoms. The largest absolute Gasteiger partial charge is 0.436 e. The minimum Gasteiger partial charge on any atom is -0.436 e. The van der Waals surface area contributed by atoms with Crippen molar-refractivity contribution in [2.45, 2.75) is 33.6 Å². The molecule has 5 nitrogen and oxygen atoms in total. The van der Waals surface area contributed by atoms with Gasteiger partial charge in [0.15, 0.2) is 5.89 Å². The summed E-state index contributed by atoms with van der Waals surface area (Å²) in [5.74, 6) is 1.45. The number of carbonyl (C=O) groups is 1. The molecule has 1 amide bonds. The number of carbonyl (C=O) groups excluding carboxylic acids is 1. The highest BCUT2D eigenvalue weighted by molar-refractivity contribution is 5.92. The summed E-state index contributed by atoms with van der Waals surface area (Å²) in [7, 11) is 0. The van der Waals surface area contributed by atoms with Gasteiger partial charge in [-0.15, -0.1) is 0 Å². The van der Waals surface area contributed by atoms with Crippen LogP contribution in [0.5, 0.6) is 0 Å². The van der Waals surface area contributed by atoms with Crippen molar-refractivity contribution in [3.63, 3.8) is 0 Å². The Hall–Kier alpha value is -1.36. The van der Waals surface area contributed by atoms with Gasteiger partial charge in [0, 0.05) is 20.0 Å². The summed E-state index contributed by atoms with van der Waals surface area (Å²) in [5, 5.41) is 3.38. The number of amides is 1. The van der Waals surface area contributed by atoms with Crippen LogP contribution in [0.25, 0.3) is 0 Å². The van der Waals surface area contributed by atoms with Crippen molar-refractivity contribution in [2.75, 3.05) is 26.2 Å². The number of aryl methyl sites for hydroxylation is 2. The summed E-state index contributed by atoms with van der Waals surface area (Å²) >= 11 is 0. The molecule has 5 heteroatoms. The Balaban J connectivity index is 2.04. The van der Waals surface area contributed by atoms with Gasteiger partial charge in [-0.25, -0.2) is 4.98 Å². The van der Waals surface area contributed by atoms with Gasteiger partial charge < -0.3 is 14.6 Å². The molecule has 0 saturated carbocycles. The van der Waals surface area contributed by atoms with Crippen molar-refractivity contribution < 1.29 is 9.21 Å². The third kappa shape index (κ3) is 3.35.